The molecule has 1 saturated carbocycles. The van der Waals surface area contributed by atoms with Crippen LogP contribution in [0.4, 0.5) is 4.39 Å². The highest BCUT2D eigenvalue weighted by Crippen LogP contribution is 2.28. The number of nitrogens with zero attached hydrogens (tertiary/aromatic N) is 2. The van der Waals surface area contributed by atoms with Crippen LogP contribution in [0.25, 0.3) is 0 Å². The third-order valence-electron chi connectivity index (χ3n) is 7.37. The highest BCUT2D eigenvalue weighted by atomic mass is 19.1. The summed E-state index contributed by atoms with van der Waals surface area (Å²) in [5.74, 6) is 0.420. The summed E-state index contributed by atoms with van der Waals surface area (Å²) in [6.45, 7) is 6.72. The molecule has 4 rings (SSSR count). The van der Waals surface area contributed by atoms with Crippen LogP contribution in [0.2, 0.25) is 0 Å². The molecule has 1 atom stereocenters. The van der Waals surface area contributed by atoms with Gasteiger partial charge in [-0.15, -0.1) is 0 Å². The Balaban J connectivity index is 1.39. The van der Waals surface area contributed by atoms with Gasteiger partial charge in [0.1, 0.15) is 11.6 Å². The molecule has 2 aromatic rings. The van der Waals surface area contributed by atoms with Crippen LogP contribution in [0.5, 0.6) is 0 Å². The van der Waals surface area contributed by atoms with Crippen molar-refractivity contribution in [2.45, 2.75) is 65.0 Å². The van der Waals surface area contributed by atoms with Crippen molar-refractivity contribution in [3.8, 4) is 0 Å². The van der Waals surface area contributed by atoms with Crippen LogP contribution >= 0.6 is 0 Å². The van der Waals surface area contributed by atoms with E-state index in [1.807, 2.05) is 42.2 Å². The second-order valence-corrected chi connectivity index (χ2v) is 9.79. The fourth-order valence-corrected chi connectivity index (χ4v) is 5.39. The number of benzene rings is 2. The van der Waals surface area contributed by atoms with E-state index in [2.05, 4.69) is 11.8 Å². The highest BCUT2D eigenvalue weighted by molar-refractivity contribution is 5.83. The third kappa shape index (κ3) is 5.70. The normalized spacial score (nSPS) is 19.7. The van der Waals surface area contributed by atoms with Gasteiger partial charge in [-0.3, -0.25) is 14.5 Å². The smallest absolute Gasteiger partial charge is 0.226 e. The minimum atomic E-state index is -0.219. The molecular weight excluding hydrogens is 415 g/mol. The first-order valence-corrected chi connectivity index (χ1v) is 12.3. The SMILES string of the molecule is Cc1c(CC(=O)Cc2ccccc2)ccc(F)c1CN1CCN(C(=O)C2CCCC2)[C@@H](C)C1. The summed E-state index contributed by atoms with van der Waals surface area (Å²) < 4.78 is 14.8. The van der Waals surface area contributed by atoms with Crippen molar-refractivity contribution in [2.24, 2.45) is 5.92 Å². The number of hydrogen-bond acceptors (Lipinski definition) is 3. The van der Waals surface area contributed by atoms with Crippen molar-refractivity contribution >= 4 is 11.7 Å². The van der Waals surface area contributed by atoms with Gasteiger partial charge in [0.05, 0.1) is 0 Å². The van der Waals surface area contributed by atoms with Crippen molar-refractivity contribution in [1.82, 2.24) is 9.80 Å². The largest absolute Gasteiger partial charge is 0.337 e. The molecule has 0 aromatic heterocycles. The Morgan fingerprint density at radius 3 is 2.42 bits per heavy atom. The predicted octanol–water partition coefficient (Wildman–Crippen LogP) is 4.71. The molecule has 33 heavy (non-hydrogen) atoms. The van der Waals surface area contributed by atoms with Gasteiger partial charge in [-0.2, -0.15) is 0 Å². The molecule has 1 amide bonds. The van der Waals surface area contributed by atoms with Gasteiger partial charge in [0.15, 0.2) is 0 Å². The molecule has 0 unspecified atom stereocenters. The number of carbonyl (C=O) groups excluding carboxylic acids is 2. The second kappa shape index (κ2) is 10.6. The Kier molecular flexibility index (Phi) is 7.59. The van der Waals surface area contributed by atoms with Gasteiger partial charge in [0.25, 0.3) is 0 Å². The first kappa shape index (κ1) is 23.6. The van der Waals surface area contributed by atoms with Gasteiger partial charge in [-0.25, -0.2) is 4.39 Å². The monoisotopic (exact) mass is 450 g/mol. The molecular formula is C28H35FN2O2. The molecule has 0 radical (unpaired) electrons. The van der Waals surface area contributed by atoms with Crippen LogP contribution in [0, 0.1) is 18.7 Å². The summed E-state index contributed by atoms with van der Waals surface area (Å²) in [6, 6.07) is 13.1. The number of halogens is 1. The lowest BCUT2D eigenvalue weighted by atomic mass is 9.95. The highest BCUT2D eigenvalue weighted by Gasteiger charge is 2.33. The predicted molar refractivity (Wildman–Crippen MR) is 128 cm³/mol. The standard InChI is InChI=1S/C28H35FN2O2/c1-20-18-30(14-15-31(20)28(33)23-10-6-7-11-23)19-26-21(2)24(12-13-27(26)29)17-25(32)16-22-8-4-3-5-9-22/h3-5,8-9,12-13,20,23H,6-7,10-11,14-19H2,1-2H3/t20-/m0/s1. The average Bonchev–Trinajstić information content (AvgIpc) is 3.34. The Bertz CT molecular complexity index is 985. The van der Waals surface area contributed by atoms with E-state index in [4.69, 9.17) is 0 Å². The molecule has 1 aliphatic heterocycles. The molecule has 176 valence electrons. The Hall–Kier alpha value is -2.53. The zero-order valence-corrected chi connectivity index (χ0v) is 19.9. The van der Waals surface area contributed by atoms with E-state index in [9.17, 15) is 14.0 Å². The van der Waals surface area contributed by atoms with Gasteiger partial charge in [-0.05, 0) is 49.4 Å². The van der Waals surface area contributed by atoms with Gasteiger partial charge >= 0.3 is 0 Å². The van der Waals surface area contributed by atoms with Crippen LogP contribution in [-0.2, 0) is 29.0 Å². The van der Waals surface area contributed by atoms with E-state index in [0.717, 1.165) is 55.5 Å². The van der Waals surface area contributed by atoms with Crippen molar-refractivity contribution in [1.29, 1.82) is 0 Å². The van der Waals surface area contributed by atoms with E-state index in [-0.39, 0.29) is 23.6 Å². The lowest BCUT2D eigenvalue weighted by Crippen LogP contribution is -2.54. The summed E-state index contributed by atoms with van der Waals surface area (Å²) in [6.07, 6.45) is 5.06. The quantitative estimate of drug-likeness (QED) is 0.613. The van der Waals surface area contributed by atoms with E-state index in [1.165, 1.54) is 6.07 Å². The van der Waals surface area contributed by atoms with Crippen molar-refractivity contribution < 1.29 is 14.0 Å². The summed E-state index contributed by atoms with van der Waals surface area (Å²) >= 11 is 0. The minimum Gasteiger partial charge on any atom is -0.337 e. The number of Topliss-reactive ketones (excluding diaryl/α,β-unsaturated/α-hetero) is 1. The van der Waals surface area contributed by atoms with Gasteiger partial charge < -0.3 is 4.90 Å². The van der Waals surface area contributed by atoms with Crippen LogP contribution < -0.4 is 0 Å². The van der Waals surface area contributed by atoms with Crippen molar-refractivity contribution in [2.75, 3.05) is 19.6 Å². The lowest BCUT2D eigenvalue weighted by molar-refractivity contribution is -0.140. The Labute approximate surface area is 196 Å². The average molecular weight is 451 g/mol. The Morgan fingerprint density at radius 2 is 1.73 bits per heavy atom. The topological polar surface area (TPSA) is 40.6 Å². The van der Waals surface area contributed by atoms with Crippen molar-refractivity contribution in [3.05, 3.63) is 70.5 Å². The minimum absolute atomic E-state index is 0.130. The lowest BCUT2D eigenvalue weighted by Gasteiger charge is -2.41. The summed E-state index contributed by atoms with van der Waals surface area (Å²) in [5, 5.41) is 0. The zero-order valence-electron chi connectivity index (χ0n) is 19.9. The maximum Gasteiger partial charge on any atom is 0.226 e. The van der Waals surface area contributed by atoms with Gasteiger partial charge in [0.2, 0.25) is 5.91 Å². The van der Waals surface area contributed by atoms with Crippen LogP contribution in [0.3, 0.4) is 0 Å². The number of rotatable bonds is 7. The summed E-state index contributed by atoms with van der Waals surface area (Å²) in [4.78, 5) is 29.8. The molecule has 2 fully saturated rings. The maximum absolute atomic E-state index is 14.8. The molecule has 2 aliphatic rings. The molecule has 5 heteroatoms. The first-order chi connectivity index (χ1) is 15.9. The number of ketones is 1. The second-order valence-electron chi connectivity index (χ2n) is 9.79. The number of amides is 1. The molecule has 2 aromatic carbocycles. The van der Waals surface area contributed by atoms with Crippen LogP contribution in [0.15, 0.2) is 42.5 Å². The van der Waals surface area contributed by atoms with E-state index in [0.29, 0.717) is 37.4 Å². The molecule has 1 aliphatic carbocycles. The third-order valence-corrected chi connectivity index (χ3v) is 7.37. The molecule has 0 bridgehead atoms. The van der Waals surface area contributed by atoms with Gasteiger partial charge in [-0.1, -0.05) is 49.2 Å². The molecule has 0 N–H and O–H groups in total. The molecule has 1 saturated heterocycles. The molecule has 0 spiro atoms. The number of carbonyl (C=O) groups is 2. The van der Waals surface area contributed by atoms with E-state index < -0.39 is 0 Å². The van der Waals surface area contributed by atoms with Crippen LogP contribution in [0.1, 0.15) is 54.9 Å². The summed E-state index contributed by atoms with van der Waals surface area (Å²) in [5.41, 5.74) is 3.44. The number of hydrogen-bond donors (Lipinski definition) is 0. The van der Waals surface area contributed by atoms with Crippen LogP contribution in [-0.4, -0.2) is 47.2 Å². The molecule has 4 nitrogen and oxygen atoms in total. The Morgan fingerprint density at radius 1 is 1.00 bits per heavy atom. The fourth-order valence-electron chi connectivity index (χ4n) is 5.39. The zero-order chi connectivity index (χ0) is 23.4. The maximum atomic E-state index is 14.8. The van der Waals surface area contributed by atoms with E-state index >= 15 is 0 Å². The fraction of sp³-hybridized carbons (Fsp3) is 0.500. The van der Waals surface area contributed by atoms with Gasteiger partial charge in [0, 0.05) is 56.5 Å². The number of piperazine rings is 1. The van der Waals surface area contributed by atoms with Crippen molar-refractivity contribution in [3.63, 3.8) is 0 Å². The molecule has 1 heterocycles. The summed E-state index contributed by atoms with van der Waals surface area (Å²) in [7, 11) is 0. The van der Waals surface area contributed by atoms with E-state index in [1.54, 1.807) is 6.07 Å². The first-order valence-electron chi connectivity index (χ1n) is 12.3.